The molecule has 120 valence electrons. The molecule has 1 aliphatic rings. The predicted octanol–water partition coefficient (Wildman–Crippen LogP) is 2.39. The summed E-state index contributed by atoms with van der Waals surface area (Å²) in [6, 6.07) is 16.5. The fraction of sp³-hybridized carbons (Fsp3) is 0.188. The third kappa shape index (κ3) is 3.41. The van der Waals surface area contributed by atoms with Gasteiger partial charge in [-0.1, -0.05) is 36.4 Å². The van der Waals surface area contributed by atoms with Crippen LogP contribution < -0.4 is 5.32 Å². The van der Waals surface area contributed by atoms with Crippen molar-refractivity contribution in [3.8, 4) is 0 Å². The number of carbonyl (C=O) groups excluding carboxylic acids is 1. The first-order chi connectivity index (χ1) is 11.1. The van der Waals surface area contributed by atoms with Crippen LogP contribution in [-0.2, 0) is 14.8 Å². The van der Waals surface area contributed by atoms with Crippen LogP contribution in [0.5, 0.6) is 0 Å². The van der Waals surface area contributed by atoms with E-state index >= 15 is 0 Å². The van der Waals surface area contributed by atoms with Crippen molar-refractivity contribution in [1.29, 1.82) is 0 Å². The van der Waals surface area contributed by atoms with Crippen molar-refractivity contribution in [2.75, 3.05) is 16.9 Å². The van der Waals surface area contributed by atoms with E-state index in [0.29, 0.717) is 11.4 Å². The van der Waals surface area contributed by atoms with Gasteiger partial charge in [-0.3, -0.25) is 4.79 Å². The van der Waals surface area contributed by atoms with Gasteiger partial charge in [-0.15, -0.1) is 11.8 Å². The van der Waals surface area contributed by atoms with Crippen LogP contribution in [0.25, 0.3) is 0 Å². The summed E-state index contributed by atoms with van der Waals surface area (Å²) < 4.78 is 26.7. The van der Waals surface area contributed by atoms with Crippen LogP contribution in [0.2, 0.25) is 0 Å². The van der Waals surface area contributed by atoms with Gasteiger partial charge < -0.3 is 5.32 Å². The van der Waals surface area contributed by atoms with Crippen LogP contribution >= 0.6 is 11.8 Å². The van der Waals surface area contributed by atoms with Crippen LogP contribution in [0.3, 0.4) is 0 Å². The van der Waals surface area contributed by atoms with E-state index in [9.17, 15) is 13.2 Å². The van der Waals surface area contributed by atoms with E-state index in [1.807, 2.05) is 18.2 Å². The summed E-state index contributed by atoms with van der Waals surface area (Å²) in [5.41, 5.74) is 0.659. The first-order valence-electron chi connectivity index (χ1n) is 7.09. The number of hydrogen-bond donors (Lipinski definition) is 1. The molecule has 7 heteroatoms. The average Bonchev–Trinajstić information content (AvgIpc) is 3.07. The minimum Gasteiger partial charge on any atom is -0.325 e. The second kappa shape index (κ2) is 6.74. The summed E-state index contributed by atoms with van der Waals surface area (Å²) in [7, 11) is -3.67. The van der Waals surface area contributed by atoms with Crippen molar-refractivity contribution in [2.45, 2.75) is 10.9 Å². The highest BCUT2D eigenvalue weighted by molar-refractivity contribution is 8.00. The molecule has 0 aromatic heterocycles. The van der Waals surface area contributed by atoms with E-state index in [1.54, 1.807) is 42.5 Å². The van der Waals surface area contributed by atoms with Gasteiger partial charge in [-0.2, -0.15) is 4.31 Å². The van der Waals surface area contributed by atoms with Gasteiger partial charge in [0.05, 0.1) is 10.8 Å². The van der Waals surface area contributed by atoms with Gasteiger partial charge >= 0.3 is 0 Å². The number of carbonyl (C=O) groups is 1. The number of benzene rings is 2. The lowest BCUT2D eigenvalue weighted by molar-refractivity contribution is -0.118. The van der Waals surface area contributed by atoms with Gasteiger partial charge in [0.15, 0.2) is 0 Å². The smallest absolute Gasteiger partial charge is 0.244 e. The molecule has 23 heavy (non-hydrogen) atoms. The van der Waals surface area contributed by atoms with Gasteiger partial charge in [-0.25, -0.2) is 8.42 Å². The lowest BCUT2D eigenvalue weighted by Crippen LogP contribution is -2.44. The molecule has 0 bridgehead atoms. The van der Waals surface area contributed by atoms with Crippen LogP contribution in [-0.4, -0.2) is 36.3 Å². The van der Waals surface area contributed by atoms with Crippen LogP contribution in [0.1, 0.15) is 0 Å². The minimum absolute atomic E-state index is 0.208. The number of sulfonamides is 1. The second-order valence-electron chi connectivity index (χ2n) is 5.08. The first kappa shape index (κ1) is 16.0. The topological polar surface area (TPSA) is 66.5 Å². The van der Waals surface area contributed by atoms with Crippen molar-refractivity contribution >= 4 is 33.4 Å². The maximum atomic E-state index is 12.7. The van der Waals surface area contributed by atoms with E-state index in [0.717, 1.165) is 0 Å². The SMILES string of the molecule is O=C(Nc1ccccc1)[C@@H]1CSCN1S(=O)(=O)c1ccccc1. The number of rotatable bonds is 4. The predicted molar refractivity (Wildman–Crippen MR) is 91.7 cm³/mol. The molecule has 1 saturated heterocycles. The molecule has 0 saturated carbocycles. The Morgan fingerprint density at radius 2 is 1.65 bits per heavy atom. The number of thioether (sulfide) groups is 1. The Hall–Kier alpha value is -1.83. The van der Waals surface area contributed by atoms with Crippen LogP contribution in [0.15, 0.2) is 65.6 Å². The number of nitrogens with zero attached hydrogens (tertiary/aromatic N) is 1. The molecule has 2 aromatic carbocycles. The molecular weight excluding hydrogens is 332 g/mol. The van der Waals surface area contributed by atoms with Gasteiger partial charge in [0, 0.05) is 11.4 Å². The standard InChI is InChI=1S/C16H16N2O3S2/c19-16(17-13-7-3-1-4-8-13)15-11-22-12-18(15)23(20,21)14-9-5-2-6-10-14/h1-10,15H,11-12H2,(H,17,19)/t15-/m0/s1. The van der Waals surface area contributed by atoms with Crippen molar-refractivity contribution < 1.29 is 13.2 Å². The third-order valence-corrected chi connectivity index (χ3v) is 6.58. The molecule has 1 fully saturated rings. The summed E-state index contributed by atoms with van der Waals surface area (Å²) in [5.74, 6) is 0.426. The Bertz CT molecular complexity index is 779. The normalized spacial score (nSPS) is 18.7. The van der Waals surface area contributed by atoms with Crippen molar-refractivity contribution in [2.24, 2.45) is 0 Å². The van der Waals surface area contributed by atoms with Crippen molar-refractivity contribution in [3.63, 3.8) is 0 Å². The van der Waals surface area contributed by atoms with Gasteiger partial charge in [0.1, 0.15) is 6.04 Å². The molecule has 1 heterocycles. The van der Waals surface area contributed by atoms with Crippen LogP contribution in [0.4, 0.5) is 5.69 Å². The zero-order chi connectivity index (χ0) is 16.3. The Kier molecular flexibility index (Phi) is 4.70. The highest BCUT2D eigenvalue weighted by atomic mass is 32.2. The molecule has 1 atom stereocenters. The minimum atomic E-state index is -3.67. The van der Waals surface area contributed by atoms with E-state index in [4.69, 9.17) is 0 Å². The highest BCUT2D eigenvalue weighted by Gasteiger charge is 2.39. The second-order valence-corrected chi connectivity index (χ2v) is 7.97. The molecule has 1 aliphatic heterocycles. The van der Waals surface area contributed by atoms with E-state index in [1.165, 1.54) is 16.1 Å². The molecule has 3 rings (SSSR count). The van der Waals surface area contributed by atoms with Gasteiger partial charge in [0.2, 0.25) is 15.9 Å². The van der Waals surface area contributed by atoms with Gasteiger partial charge in [-0.05, 0) is 24.3 Å². The summed E-state index contributed by atoms with van der Waals surface area (Å²) in [4.78, 5) is 12.7. The fourth-order valence-electron chi connectivity index (χ4n) is 2.35. The monoisotopic (exact) mass is 348 g/mol. The number of anilines is 1. The lowest BCUT2D eigenvalue weighted by atomic mass is 10.3. The highest BCUT2D eigenvalue weighted by Crippen LogP contribution is 2.28. The molecule has 5 nitrogen and oxygen atoms in total. The maximum Gasteiger partial charge on any atom is 0.244 e. The zero-order valence-electron chi connectivity index (χ0n) is 12.3. The molecule has 1 N–H and O–H groups in total. The number of amides is 1. The van der Waals surface area contributed by atoms with Crippen molar-refractivity contribution in [3.05, 3.63) is 60.7 Å². The van der Waals surface area contributed by atoms with E-state index < -0.39 is 16.1 Å². The largest absolute Gasteiger partial charge is 0.325 e. The number of para-hydroxylation sites is 1. The number of nitrogens with one attached hydrogen (secondary N) is 1. The Balaban J connectivity index is 1.82. The van der Waals surface area contributed by atoms with E-state index in [-0.39, 0.29) is 16.7 Å². The molecular formula is C16H16N2O3S2. The molecule has 1 amide bonds. The third-order valence-electron chi connectivity index (χ3n) is 3.54. The number of hydrogen-bond acceptors (Lipinski definition) is 4. The molecule has 0 aliphatic carbocycles. The molecule has 0 spiro atoms. The quantitative estimate of drug-likeness (QED) is 0.921. The molecule has 0 radical (unpaired) electrons. The Labute approximate surface area is 139 Å². The summed E-state index contributed by atoms with van der Waals surface area (Å²) in [5, 5.41) is 2.78. The average molecular weight is 348 g/mol. The summed E-state index contributed by atoms with van der Waals surface area (Å²) >= 11 is 1.44. The first-order valence-corrected chi connectivity index (χ1v) is 9.69. The van der Waals surface area contributed by atoms with Crippen molar-refractivity contribution in [1.82, 2.24) is 4.31 Å². The zero-order valence-corrected chi connectivity index (χ0v) is 13.9. The maximum absolute atomic E-state index is 12.7. The van der Waals surface area contributed by atoms with Crippen LogP contribution in [0, 0.1) is 0 Å². The molecule has 2 aromatic rings. The lowest BCUT2D eigenvalue weighted by Gasteiger charge is -2.22. The molecule has 0 unspecified atom stereocenters. The van der Waals surface area contributed by atoms with E-state index in [2.05, 4.69) is 5.32 Å². The van der Waals surface area contributed by atoms with Gasteiger partial charge in [0.25, 0.3) is 0 Å². The summed E-state index contributed by atoms with van der Waals surface area (Å²) in [6.45, 7) is 0. The Morgan fingerprint density at radius 3 is 2.30 bits per heavy atom. The Morgan fingerprint density at radius 1 is 1.04 bits per heavy atom. The fourth-order valence-corrected chi connectivity index (χ4v) is 5.52. The summed E-state index contributed by atoms with van der Waals surface area (Å²) in [6.07, 6.45) is 0.